The van der Waals surface area contributed by atoms with E-state index in [0.29, 0.717) is 17.3 Å². The van der Waals surface area contributed by atoms with Crippen LogP contribution in [-0.2, 0) is 6.54 Å². The zero-order valence-corrected chi connectivity index (χ0v) is 9.84. The second-order valence-corrected chi connectivity index (χ2v) is 4.09. The van der Waals surface area contributed by atoms with Crippen molar-refractivity contribution in [2.75, 3.05) is 11.1 Å². The molecule has 0 aliphatic carbocycles. The van der Waals surface area contributed by atoms with Gasteiger partial charge in [-0.3, -0.25) is 0 Å². The summed E-state index contributed by atoms with van der Waals surface area (Å²) in [6, 6.07) is 11.7. The summed E-state index contributed by atoms with van der Waals surface area (Å²) in [5.41, 5.74) is 8.10. The van der Waals surface area contributed by atoms with Crippen LogP contribution in [0.3, 0.4) is 0 Å². The Morgan fingerprint density at radius 3 is 2.53 bits per heavy atom. The molecule has 0 unspecified atom stereocenters. The van der Waals surface area contributed by atoms with Crippen LogP contribution in [-0.4, -0.2) is 0 Å². The molecule has 2 aromatic rings. The topological polar surface area (TPSA) is 38.0 Å². The minimum Gasteiger partial charge on any atom is -0.396 e. The van der Waals surface area contributed by atoms with Crippen LogP contribution in [0.25, 0.3) is 0 Å². The van der Waals surface area contributed by atoms with Gasteiger partial charge in [0.05, 0.1) is 16.4 Å². The second kappa shape index (κ2) is 5.06. The number of nitrogens with one attached hydrogen (secondary N) is 1. The molecule has 17 heavy (non-hydrogen) atoms. The molecule has 0 amide bonds. The van der Waals surface area contributed by atoms with Gasteiger partial charge in [0, 0.05) is 6.54 Å². The van der Waals surface area contributed by atoms with Gasteiger partial charge in [0.2, 0.25) is 0 Å². The van der Waals surface area contributed by atoms with Crippen molar-refractivity contribution in [3.8, 4) is 0 Å². The van der Waals surface area contributed by atoms with Crippen molar-refractivity contribution in [3.05, 3.63) is 58.9 Å². The third-order valence-corrected chi connectivity index (χ3v) is 2.78. The maximum Gasteiger partial charge on any atom is 0.123 e. The Morgan fingerprint density at radius 1 is 1.12 bits per heavy atom. The SMILES string of the molecule is Nc1c(Cl)cccc1NCc1ccc(F)cc1. The summed E-state index contributed by atoms with van der Waals surface area (Å²) in [7, 11) is 0. The van der Waals surface area contributed by atoms with E-state index in [1.807, 2.05) is 12.1 Å². The predicted octanol–water partition coefficient (Wildman–Crippen LogP) is 3.67. The lowest BCUT2D eigenvalue weighted by Gasteiger charge is -2.10. The van der Waals surface area contributed by atoms with Crippen molar-refractivity contribution < 1.29 is 4.39 Å². The lowest BCUT2D eigenvalue weighted by molar-refractivity contribution is 0.627. The van der Waals surface area contributed by atoms with E-state index < -0.39 is 0 Å². The van der Waals surface area contributed by atoms with Gasteiger partial charge < -0.3 is 11.1 Å². The Morgan fingerprint density at radius 2 is 1.82 bits per heavy atom. The molecule has 0 saturated heterocycles. The summed E-state index contributed by atoms with van der Waals surface area (Å²) in [5.74, 6) is -0.240. The second-order valence-electron chi connectivity index (χ2n) is 3.68. The zero-order chi connectivity index (χ0) is 12.3. The third kappa shape index (κ3) is 2.88. The smallest absolute Gasteiger partial charge is 0.123 e. The van der Waals surface area contributed by atoms with E-state index in [9.17, 15) is 4.39 Å². The fourth-order valence-electron chi connectivity index (χ4n) is 1.49. The summed E-state index contributed by atoms with van der Waals surface area (Å²) in [4.78, 5) is 0. The Labute approximate surface area is 104 Å². The number of anilines is 2. The van der Waals surface area contributed by atoms with E-state index in [2.05, 4.69) is 5.32 Å². The number of nitrogen functional groups attached to an aromatic ring is 1. The van der Waals surface area contributed by atoms with Crippen LogP contribution in [0.2, 0.25) is 5.02 Å². The predicted molar refractivity (Wildman–Crippen MR) is 69.6 cm³/mol. The maximum atomic E-state index is 12.7. The van der Waals surface area contributed by atoms with Crippen LogP contribution < -0.4 is 11.1 Å². The number of rotatable bonds is 3. The van der Waals surface area contributed by atoms with E-state index in [-0.39, 0.29) is 5.82 Å². The fourth-order valence-corrected chi connectivity index (χ4v) is 1.67. The molecule has 88 valence electrons. The number of hydrogen-bond donors (Lipinski definition) is 2. The van der Waals surface area contributed by atoms with E-state index >= 15 is 0 Å². The minimum atomic E-state index is -0.240. The zero-order valence-electron chi connectivity index (χ0n) is 9.08. The Kier molecular flexibility index (Phi) is 3.49. The first-order valence-electron chi connectivity index (χ1n) is 5.19. The lowest BCUT2D eigenvalue weighted by atomic mass is 10.2. The van der Waals surface area contributed by atoms with Crippen LogP contribution in [0.5, 0.6) is 0 Å². The first-order chi connectivity index (χ1) is 8.16. The molecule has 0 fully saturated rings. The molecule has 0 aliphatic heterocycles. The van der Waals surface area contributed by atoms with Gasteiger partial charge in [-0.25, -0.2) is 4.39 Å². The van der Waals surface area contributed by atoms with Gasteiger partial charge in [0.1, 0.15) is 5.82 Å². The number of halogens is 2. The van der Waals surface area contributed by atoms with Crippen molar-refractivity contribution in [1.29, 1.82) is 0 Å². The Bertz CT molecular complexity index is 511. The van der Waals surface area contributed by atoms with E-state index in [1.165, 1.54) is 12.1 Å². The van der Waals surface area contributed by atoms with Crippen molar-refractivity contribution in [3.63, 3.8) is 0 Å². The normalized spacial score (nSPS) is 10.2. The summed E-state index contributed by atoms with van der Waals surface area (Å²) in [6.45, 7) is 0.574. The summed E-state index contributed by atoms with van der Waals surface area (Å²) < 4.78 is 12.7. The average Bonchev–Trinajstić information content (AvgIpc) is 2.33. The van der Waals surface area contributed by atoms with Gasteiger partial charge in [-0.1, -0.05) is 29.8 Å². The summed E-state index contributed by atoms with van der Waals surface area (Å²) in [5, 5.41) is 3.68. The molecule has 0 bridgehead atoms. The van der Waals surface area contributed by atoms with E-state index in [4.69, 9.17) is 17.3 Å². The highest BCUT2D eigenvalue weighted by Crippen LogP contribution is 2.26. The number of benzene rings is 2. The highest BCUT2D eigenvalue weighted by Gasteiger charge is 2.02. The molecule has 3 N–H and O–H groups in total. The van der Waals surface area contributed by atoms with Crippen molar-refractivity contribution in [2.24, 2.45) is 0 Å². The van der Waals surface area contributed by atoms with Gasteiger partial charge >= 0.3 is 0 Å². The molecule has 2 nitrogen and oxygen atoms in total. The van der Waals surface area contributed by atoms with Crippen molar-refractivity contribution >= 4 is 23.0 Å². The van der Waals surface area contributed by atoms with Gasteiger partial charge in [0.25, 0.3) is 0 Å². The molecule has 4 heteroatoms. The molecule has 0 atom stereocenters. The van der Waals surface area contributed by atoms with E-state index in [1.54, 1.807) is 18.2 Å². The van der Waals surface area contributed by atoms with E-state index in [0.717, 1.165) is 11.3 Å². The first-order valence-corrected chi connectivity index (χ1v) is 5.57. The van der Waals surface area contributed by atoms with Gasteiger partial charge in [-0.2, -0.15) is 0 Å². The molecule has 2 rings (SSSR count). The third-order valence-electron chi connectivity index (χ3n) is 2.45. The summed E-state index contributed by atoms with van der Waals surface area (Å²) in [6.07, 6.45) is 0. The van der Waals surface area contributed by atoms with Crippen molar-refractivity contribution in [1.82, 2.24) is 0 Å². The molecule has 0 aliphatic rings. The van der Waals surface area contributed by atoms with Crippen LogP contribution in [0, 0.1) is 5.82 Å². The molecule has 0 heterocycles. The average molecular weight is 251 g/mol. The van der Waals surface area contributed by atoms with Crippen LogP contribution >= 0.6 is 11.6 Å². The van der Waals surface area contributed by atoms with Crippen LogP contribution in [0.1, 0.15) is 5.56 Å². The molecule has 0 aromatic heterocycles. The monoisotopic (exact) mass is 250 g/mol. The number of nitrogens with two attached hydrogens (primary N) is 1. The van der Waals surface area contributed by atoms with Gasteiger partial charge in [-0.05, 0) is 29.8 Å². The van der Waals surface area contributed by atoms with Gasteiger partial charge in [0.15, 0.2) is 0 Å². The van der Waals surface area contributed by atoms with Crippen molar-refractivity contribution in [2.45, 2.75) is 6.54 Å². The molecule has 0 saturated carbocycles. The Hall–Kier alpha value is -1.74. The minimum absolute atomic E-state index is 0.240. The first kappa shape index (κ1) is 11.7. The number of hydrogen-bond acceptors (Lipinski definition) is 2. The molecule has 0 spiro atoms. The Balaban J connectivity index is 2.07. The highest BCUT2D eigenvalue weighted by molar-refractivity contribution is 6.33. The van der Waals surface area contributed by atoms with Gasteiger partial charge in [-0.15, -0.1) is 0 Å². The standard InChI is InChI=1S/C13H12ClFN2/c14-11-2-1-3-12(13(11)16)17-8-9-4-6-10(15)7-5-9/h1-7,17H,8,16H2. The molecular weight excluding hydrogens is 239 g/mol. The highest BCUT2D eigenvalue weighted by atomic mass is 35.5. The fraction of sp³-hybridized carbons (Fsp3) is 0.0769. The van der Waals surface area contributed by atoms with Crippen LogP contribution in [0.15, 0.2) is 42.5 Å². The molecular formula is C13H12ClFN2. The van der Waals surface area contributed by atoms with Crippen LogP contribution in [0.4, 0.5) is 15.8 Å². The quantitative estimate of drug-likeness (QED) is 0.816. The molecule has 2 aromatic carbocycles. The molecule has 0 radical (unpaired) electrons. The summed E-state index contributed by atoms with van der Waals surface area (Å²) >= 11 is 5.90. The largest absolute Gasteiger partial charge is 0.396 e. The number of para-hydroxylation sites is 1. The lowest BCUT2D eigenvalue weighted by Crippen LogP contribution is -2.02. The maximum absolute atomic E-state index is 12.7.